The van der Waals surface area contributed by atoms with Crippen LogP contribution in [0.25, 0.3) is 0 Å². The Labute approximate surface area is 133 Å². The molecular formula is C15H20N4O2S. The van der Waals surface area contributed by atoms with Crippen molar-refractivity contribution >= 4 is 17.4 Å². The van der Waals surface area contributed by atoms with E-state index in [9.17, 15) is 4.79 Å². The lowest BCUT2D eigenvalue weighted by Crippen LogP contribution is -2.44. The van der Waals surface area contributed by atoms with Crippen LogP contribution in [0.15, 0.2) is 29.4 Å². The summed E-state index contributed by atoms with van der Waals surface area (Å²) in [6.07, 6.45) is 5.18. The number of carbonyl (C=O) groups is 1. The zero-order chi connectivity index (χ0) is 15.4. The maximum atomic E-state index is 12.0. The number of rotatable bonds is 4. The summed E-state index contributed by atoms with van der Waals surface area (Å²) in [6, 6.07) is 2.01. The summed E-state index contributed by atoms with van der Waals surface area (Å²) in [7, 11) is 1.95. The molecular weight excluding hydrogens is 300 g/mol. The smallest absolute Gasteiger partial charge is 0.315 e. The molecule has 3 rings (SSSR count). The van der Waals surface area contributed by atoms with E-state index >= 15 is 0 Å². The van der Waals surface area contributed by atoms with E-state index in [1.807, 2.05) is 34.6 Å². The van der Waals surface area contributed by atoms with Crippen molar-refractivity contribution in [2.24, 2.45) is 7.05 Å². The summed E-state index contributed by atoms with van der Waals surface area (Å²) >= 11 is 1.63. The van der Waals surface area contributed by atoms with Crippen molar-refractivity contribution in [3.8, 4) is 0 Å². The highest BCUT2D eigenvalue weighted by atomic mass is 32.1. The lowest BCUT2D eigenvalue weighted by molar-refractivity contribution is -0.00178. The molecule has 2 amide bonds. The first-order chi connectivity index (χ1) is 10.7. The monoisotopic (exact) mass is 320 g/mol. The predicted octanol–water partition coefficient (Wildman–Crippen LogP) is 2.20. The number of amides is 2. The molecule has 2 N–H and O–H groups in total. The van der Waals surface area contributed by atoms with E-state index in [1.165, 1.54) is 0 Å². The first-order valence-electron chi connectivity index (χ1n) is 7.35. The van der Waals surface area contributed by atoms with Crippen LogP contribution in [0.5, 0.6) is 0 Å². The van der Waals surface area contributed by atoms with Crippen molar-refractivity contribution in [2.45, 2.75) is 31.5 Å². The Hall–Kier alpha value is -1.86. The van der Waals surface area contributed by atoms with Crippen LogP contribution in [0.3, 0.4) is 0 Å². The zero-order valence-electron chi connectivity index (χ0n) is 12.5. The molecule has 1 aliphatic rings. The van der Waals surface area contributed by atoms with Gasteiger partial charge in [0.2, 0.25) is 0 Å². The maximum absolute atomic E-state index is 12.0. The number of hydrogen-bond donors (Lipinski definition) is 2. The van der Waals surface area contributed by atoms with Gasteiger partial charge in [-0.3, -0.25) is 0 Å². The fourth-order valence-corrected chi connectivity index (χ4v) is 3.29. The summed E-state index contributed by atoms with van der Waals surface area (Å²) < 4.78 is 7.76. The largest absolute Gasteiger partial charge is 0.372 e. The van der Waals surface area contributed by atoms with E-state index in [2.05, 4.69) is 15.6 Å². The molecule has 0 bridgehead atoms. The second-order valence-electron chi connectivity index (χ2n) is 5.47. The number of imidazole rings is 1. The van der Waals surface area contributed by atoms with E-state index in [4.69, 9.17) is 4.74 Å². The van der Waals surface area contributed by atoms with E-state index in [0.29, 0.717) is 13.2 Å². The van der Waals surface area contributed by atoms with E-state index in [0.717, 1.165) is 24.1 Å². The lowest BCUT2D eigenvalue weighted by atomic mass is 10.0. The fourth-order valence-electron chi connectivity index (χ4n) is 2.62. The van der Waals surface area contributed by atoms with Crippen LogP contribution in [0.4, 0.5) is 4.79 Å². The van der Waals surface area contributed by atoms with Crippen molar-refractivity contribution in [3.63, 3.8) is 0 Å². The van der Waals surface area contributed by atoms with Crippen molar-refractivity contribution in [2.75, 3.05) is 6.61 Å². The molecule has 1 fully saturated rings. The summed E-state index contributed by atoms with van der Waals surface area (Å²) in [6.45, 7) is 1.20. The molecule has 0 aliphatic carbocycles. The quantitative estimate of drug-likeness (QED) is 0.907. The van der Waals surface area contributed by atoms with Gasteiger partial charge in [-0.05, 0) is 35.2 Å². The topological polar surface area (TPSA) is 68.2 Å². The standard InChI is InChI=1S/C15H20N4O2S/c1-19-10-16-8-13(19)14-6-12(2-4-21-14)18-15(20)17-7-11-3-5-22-9-11/h3,5,8-10,12,14H,2,4,6-7H2,1H3,(H2,17,18,20). The van der Waals surface area contributed by atoms with Crippen LogP contribution in [0.2, 0.25) is 0 Å². The minimum atomic E-state index is -0.123. The Bertz CT molecular complexity index is 611. The van der Waals surface area contributed by atoms with E-state index in [1.54, 1.807) is 17.7 Å². The SMILES string of the molecule is Cn1cncc1C1CC(NC(=O)NCc2ccsc2)CCO1. The number of urea groups is 1. The molecule has 2 aromatic rings. The third kappa shape index (κ3) is 3.66. The third-order valence-electron chi connectivity index (χ3n) is 3.84. The number of nitrogens with one attached hydrogen (secondary N) is 2. The van der Waals surface area contributed by atoms with Gasteiger partial charge in [-0.15, -0.1) is 0 Å². The highest BCUT2D eigenvalue weighted by molar-refractivity contribution is 7.07. The van der Waals surface area contributed by atoms with Crippen LogP contribution < -0.4 is 10.6 Å². The number of ether oxygens (including phenoxy) is 1. The molecule has 1 aliphatic heterocycles. The van der Waals surface area contributed by atoms with Gasteiger partial charge in [-0.2, -0.15) is 11.3 Å². The maximum Gasteiger partial charge on any atom is 0.315 e. The molecule has 118 valence electrons. The zero-order valence-corrected chi connectivity index (χ0v) is 13.3. The molecule has 1 saturated heterocycles. The van der Waals surface area contributed by atoms with Crippen LogP contribution in [-0.2, 0) is 18.3 Å². The molecule has 2 unspecified atom stereocenters. The molecule has 7 heteroatoms. The number of thiophene rings is 1. The minimum absolute atomic E-state index is 0.0107. The average Bonchev–Trinajstić information content (AvgIpc) is 3.16. The molecule has 3 heterocycles. The third-order valence-corrected chi connectivity index (χ3v) is 4.57. The predicted molar refractivity (Wildman–Crippen MR) is 84.6 cm³/mol. The fraction of sp³-hybridized carbons (Fsp3) is 0.467. The molecule has 2 aromatic heterocycles. The van der Waals surface area contributed by atoms with Crippen LogP contribution in [-0.4, -0.2) is 28.2 Å². The highest BCUT2D eigenvalue weighted by Gasteiger charge is 2.26. The molecule has 0 saturated carbocycles. The minimum Gasteiger partial charge on any atom is -0.372 e. The number of aromatic nitrogens is 2. The van der Waals surface area contributed by atoms with E-state index < -0.39 is 0 Å². The summed E-state index contributed by atoms with van der Waals surface area (Å²) in [4.78, 5) is 16.1. The Balaban J connectivity index is 1.49. The highest BCUT2D eigenvalue weighted by Crippen LogP contribution is 2.27. The van der Waals surface area contributed by atoms with Gasteiger partial charge in [0.25, 0.3) is 0 Å². The molecule has 0 spiro atoms. The molecule has 22 heavy (non-hydrogen) atoms. The van der Waals surface area contributed by atoms with Crippen molar-refractivity contribution < 1.29 is 9.53 Å². The Morgan fingerprint density at radius 1 is 1.59 bits per heavy atom. The van der Waals surface area contributed by atoms with Crippen LogP contribution >= 0.6 is 11.3 Å². The summed E-state index contributed by atoms with van der Waals surface area (Å²) in [5.41, 5.74) is 2.17. The first-order valence-corrected chi connectivity index (χ1v) is 8.30. The molecule has 0 radical (unpaired) electrons. The van der Waals surface area contributed by atoms with Crippen LogP contribution in [0, 0.1) is 0 Å². The van der Waals surface area contributed by atoms with Crippen molar-refractivity contribution in [1.29, 1.82) is 0 Å². The van der Waals surface area contributed by atoms with Crippen molar-refractivity contribution in [1.82, 2.24) is 20.2 Å². The molecule has 0 aromatic carbocycles. The average molecular weight is 320 g/mol. The van der Waals surface area contributed by atoms with Crippen LogP contribution in [0.1, 0.15) is 30.2 Å². The number of aryl methyl sites for hydroxylation is 1. The van der Waals surface area contributed by atoms with Crippen molar-refractivity contribution in [3.05, 3.63) is 40.6 Å². The Morgan fingerprint density at radius 2 is 2.50 bits per heavy atom. The van der Waals surface area contributed by atoms with Gasteiger partial charge in [-0.25, -0.2) is 9.78 Å². The second-order valence-corrected chi connectivity index (χ2v) is 6.25. The number of nitrogens with zero attached hydrogens (tertiary/aromatic N) is 2. The van der Waals surface area contributed by atoms with Gasteiger partial charge in [-0.1, -0.05) is 0 Å². The summed E-state index contributed by atoms with van der Waals surface area (Å²) in [5, 5.41) is 9.97. The Kier molecular flexibility index (Phi) is 4.74. The van der Waals surface area contributed by atoms with Gasteiger partial charge >= 0.3 is 6.03 Å². The van der Waals surface area contributed by atoms with Gasteiger partial charge in [0, 0.05) is 26.2 Å². The van der Waals surface area contributed by atoms with Gasteiger partial charge in [0.1, 0.15) is 6.10 Å². The molecule has 6 nitrogen and oxygen atoms in total. The van der Waals surface area contributed by atoms with E-state index in [-0.39, 0.29) is 18.2 Å². The molecule has 2 atom stereocenters. The summed E-state index contributed by atoms with van der Waals surface area (Å²) in [5.74, 6) is 0. The Morgan fingerprint density at radius 3 is 3.23 bits per heavy atom. The van der Waals surface area contributed by atoms with Gasteiger partial charge < -0.3 is 19.9 Å². The normalized spacial score (nSPS) is 21.5. The van der Waals surface area contributed by atoms with Gasteiger partial charge in [0.15, 0.2) is 0 Å². The number of hydrogen-bond acceptors (Lipinski definition) is 4. The first kappa shape index (κ1) is 15.1. The van der Waals surface area contributed by atoms with Gasteiger partial charge in [0.05, 0.1) is 18.2 Å². The number of carbonyl (C=O) groups excluding carboxylic acids is 1. The lowest BCUT2D eigenvalue weighted by Gasteiger charge is -2.30. The second kappa shape index (κ2) is 6.93.